The van der Waals surface area contributed by atoms with Crippen molar-refractivity contribution in [2.24, 2.45) is 5.92 Å². The maximum absolute atomic E-state index is 16.0. The Morgan fingerprint density at radius 2 is 1.98 bits per heavy atom. The number of nitrogens with zero attached hydrogens (tertiary/aromatic N) is 8. The highest BCUT2D eigenvalue weighted by atomic mass is 19.3. The molecule has 6 heterocycles. The predicted octanol–water partition coefficient (Wildman–Crippen LogP) is 4.52. The normalized spacial score (nSPS) is 25.9. The number of alkyl halides is 2. The first-order chi connectivity index (χ1) is 22.0. The van der Waals surface area contributed by atoms with Crippen LogP contribution < -0.4 is 10.9 Å². The SMILES string of the molecule is [2H]C([2H])([2H])[C@H]1Nc2ncnc3c2cc(C2(C#N)CC2)c(=O)n3CCCn2cc(nn2)CN2CCC(CC2)C(F)(F)c2cccc1c2. The Morgan fingerprint density at radius 1 is 1.14 bits per heavy atom. The number of rotatable bonds is 1. The maximum Gasteiger partial charge on any atom is 0.276 e. The number of pyridine rings is 1. The summed E-state index contributed by atoms with van der Waals surface area (Å²) in [6.45, 7) is -0.509. The van der Waals surface area contributed by atoms with Crippen molar-refractivity contribution in [1.82, 2.24) is 34.4 Å². The molecule has 0 amide bonds. The predicted molar refractivity (Wildman–Crippen MR) is 155 cm³/mol. The quantitative estimate of drug-likeness (QED) is 0.345. The first-order valence-electron chi connectivity index (χ1n) is 16.1. The average Bonchev–Trinajstić information content (AvgIpc) is 3.71. The van der Waals surface area contributed by atoms with Gasteiger partial charge in [-0.2, -0.15) is 5.26 Å². The fraction of sp³-hybridized carbons (Fsp3) is 0.484. The molecule has 1 atom stereocenters. The minimum absolute atomic E-state index is 0.131. The summed E-state index contributed by atoms with van der Waals surface area (Å²) in [5, 5.41) is 21.9. The third kappa shape index (κ3) is 4.95. The lowest BCUT2D eigenvalue weighted by Gasteiger charge is -2.36. The second kappa shape index (κ2) is 10.5. The zero-order chi connectivity index (χ0) is 32.3. The minimum Gasteiger partial charge on any atom is -0.363 e. The number of hydrogen-bond acceptors (Lipinski definition) is 8. The summed E-state index contributed by atoms with van der Waals surface area (Å²) in [4.78, 5) is 24.7. The molecule has 3 aromatic heterocycles. The van der Waals surface area contributed by atoms with Crippen molar-refractivity contribution in [3.63, 3.8) is 0 Å². The lowest BCUT2D eigenvalue weighted by Crippen LogP contribution is -2.39. The van der Waals surface area contributed by atoms with Gasteiger partial charge in [-0.1, -0.05) is 23.4 Å². The van der Waals surface area contributed by atoms with Crippen molar-refractivity contribution in [3.8, 4) is 6.07 Å². The fourth-order valence-corrected chi connectivity index (χ4v) is 6.39. The van der Waals surface area contributed by atoms with Crippen LogP contribution in [0.3, 0.4) is 0 Å². The molecule has 4 aliphatic rings. The second-order valence-electron chi connectivity index (χ2n) is 11.9. The number of piperidine rings is 1. The van der Waals surface area contributed by atoms with Crippen LogP contribution in [0.5, 0.6) is 0 Å². The van der Waals surface area contributed by atoms with Gasteiger partial charge in [0.1, 0.15) is 17.8 Å². The van der Waals surface area contributed by atoms with Gasteiger partial charge in [-0.05, 0) is 69.7 Å². The highest BCUT2D eigenvalue weighted by molar-refractivity contribution is 5.87. The van der Waals surface area contributed by atoms with Crippen molar-refractivity contribution in [2.75, 3.05) is 18.4 Å². The third-order valence-corrected chi connectivity index (χ3v) is 9.09. The Bertz CT molecular complexity index is 1890. The molecular weight excluding hydrogens is 552 g/mol. The van der Waals surface area contributed by atoms with Crippen LogP contribution in [0, 0.1) is 17.2 Å². The number of benzene rings is 1. The van der Waals surface area contributed by atoms with E-state index in [0.29, 0.717) is 56.4 Å². The van der Waals surface area contributed by atoms with Crippen LogP contribution in [0.25, 0.3) is 11.0 Å². The zero-order valence-electron chi connectivity index (χ0n) is 26.5. The van der Waals surface area contributed by atoms with E-state index in [2.05, 4.69) is 36.6 Å². The highest BCUT2D eigenvalue weighted by Gasteiger charge is 2.47. The minimum atomic E-state index is -3.17. The number of nitrogens with one attached hydrogen (secondary N) is 1. The van der Waals surface area contributed by atoms with Crippen molar-refractivity contribution in [2.45, 2.75) is 76.0 Å². The van der Waals surface area contributed by atoms with Crippen LogP contribution in [0.2, 0.25) is 0 Å². The molecular formula is C31H33F2N9O. The third-order valence-electron chi connectivity index (χ3n) is 9.09. The van der Waals surface area contributed by atoms with Crippen molar-refractivity contribution >= 4 is 16.9 Å². The molecule has 222 valence electrons. The van der Waals surface area contributed by atoms with Gasteiger partial charge < -0.3 is 5.32 Å². The number of halogens is 2. The van der Waals surface area contributed by atoms with Gasteiger partial charge in [-0.15, -0.1) is 5.10 Å². The Hall–Kier alpha value is -4.24. The summed E-state index contributed by atoms with van der Waals surface area (Å²) in [6.07, 6.45) is 5.19. The standard InChI is InChI=1S/C31H33F2N9O/c1-20-21-4-2-5-23(14-21)31(32,33)22-6-12-40(13-7-22)16-24-17-41(39-38-24)10-3-11-42-28-25(27(37-20)35-19-36-28)15-26(29(42)43)30(18-34)8-9-30/h2,4-5,14-15,17,19-20,22H,3,6-13,16H2,1H3,(H,35,36,37)/t20-/m1/s1/i1D3. The van der Waals surface area contributed by atoms with Crippen LogP contribution in [0.1, 0.15) is 71.5 Å². The lowest BCUT2D eigenvalue weighted by atomic mass is 9.85. The number of hydrogen-bond donors (Lipinski definition) is 1. The molecule has 0 spiro atoms. The van der Waals surface area contributed by atoms with E-state index >= 15 is 8.78 Å². The second-order valence-corrected chi connectivity index (χ2v) is 11.9. The summed E-state index contributed by atoms with van der Waals surface area (Å²) in [7, 11) is 0. The Kier molecular flexibility index (Phi) is 5.91. The summed E-state index contributed by atoms with van der Waals surface area (Å²) < 4.78 is 60.4. The molecule has 1 saturated heterocycles. The fourth-order valence-electron chi connectivity index (χ4n) is 6.39. The molecule has 12 heteroatoms. The topological polar surface area (TPSA) is 118 Å². The van der Waals surface area contributed by atoms with Gasteiger partial charge in [0.2, 0.25) is 0 Å². The molecule has 0 radical (unpaired) electrons. The number of aryl methyl sites for hydroxylation is 2. The van der Waals surface area contributed by atoms with E-state index < -0.39 is 30.1 Å². The first kappa shape index (κ1) is 24.2. The van der Waals surface area contributed by atoms with Crippen LogP contribution in [-0.4, -0.2) is 47.5 Å². The molecule has 1 aliphatic carbocycles. The van der Waals surface area contributed by atoms with E-state index in [4.69, 9.17) is 4.11 Å². The Balaban J connectivity index is 1.37. The molecule has 1 saturated carbocycles. The van der Waals surface area contributed by atoms with Gasteiger partial charge in [0.15, 0.2) is 0 Å². The Morgan fingerprint density at radius 3 is 2.74 bits per heavy atom. The van der Waals surface area contributed by atoms with Gasteiger partial charge in [0.05, 0.1) is 22.6 Å². The number of fused-ring (bicyclic) bond motifs is 5. The van der Waals surface area contributed by atoms with Gasteiger partial charge >= 0.3 is 0 Å². The average molecular weight is 589 g/mol. The molecule has 1 aromatic carbocycles. The summed E-state index contributed by atoms with van der Waals surface area (Å²) >= 11 is 0. The van der Waals surface area contributed by atoms with E-state index in [1.807, 2.05) is 6.20 Å². The zero-order valence-corrected chi connectivity index (χ0v) is 23.5. The number of nitriles is 1. The van der Waals surface area contributed by atoms with E-state index in [9.17, 15) is 10.1 Å². The van der Waals surface area contributed by atoms with Crippen LogP contribution in [-0.2, 0) is 31.0 Å². The van der Waals surface area contributed by atoms with Gasteiger partial charge in [-0.25, -0.2) is 18.7 Å². The summed E-state index contributed by atoms with van der Waals surface area (Å²) in [6, 6.07) is 8.09. The molecule has 43 heavy (non-hydrogen) atoms. The van der Waals surface area contributed by atoms with Gasteiger partial charge in [0, 0.05) is 53.0 Å². The van der Waals surface area contributed by atoms with Crippen molar-refractivity contribution in [1.29, 1.82) is 5.26 Å². The van der Waals surface area contributed by atoms with Crippen molar-refractivity contribution in [3.05, 3.63) is 75.6 Å². The van der Waals surface area contributed by atoms with Gasteiger partial charge in [0.25, 0.3) is 11.5 Å². The van der Waals surface area contributed by atoms with Crippen molar-refractivity contribution < 1.29 is 12.9 Å². The number of aromatic nitrogens is 6. The van der Waals surface area contributed by atoms with E-state index in [1.165, 1.54) is 35.2 Å². The van der Waals surface area contributed by atoms with Crippen LogP contribution in [0.15, 0.2) is 47.7 Å². The molecule has 4 aromatic rings. The largest absolute Gasteiger partial charge is 0.363 e. The summed E-state index contributed by atoms with van der Waals surface area (Å²) in [5.74, 6) is -3.95. The summed E-state index contributed by atoms with van der Waals surface area (Å²) in [5.41, 5.74) is -0.0271. The smallest absolute Gasteiger partial charge is 0.276 e. The molecule has 0 unspecified atom stereocenters. The lowest BCUT2D eigenvalue weighted by molar-refractivity contribution is -0.0861. The van der Waals surface area contributed by atoms with Gasteiger partial charge in [-0.3, -0.25) is 18.9 Å². The molecule has 8 rings (SSSR count). The molecule has 2 fully saturated rings. The Labute approximate surface area is 251 Å². The van der Waals surface area contributed by atoms with Crippen LogP contribution >= 0.6 is 0 Å². The molecule has 1 N–H and O–H groups in total. The van der Waals surface area contributed by atoms with E-state index in [1.54, 1.807) is 10.7 Å². The molecule has 10 bridgehead atoms. The molecule has 10 nitrogen and oxygen atoms in total. The highest BCUT2D eigenvalue weighted by Crippen LogP contribution is 2.47. The van der Waals surface area contributed by atoms with E-state index in [-0.39, 0.29) is 47.5 Å². The molecule has 3 aliphatic heterocycles. The maximum atomic E-state index is 16.0. The monoisotopic (exact) mass is 588 g/mol. The first-order valence-corrected chi connectivity index (χ1v) is 14.6. The van der Waals surface area contributed by atoms with Crippen LogP contribution in [0.4, 0.5) is 14.6 Å². The van der Waals surface area contributed by atoms with E-state index in [0.717, 1.165) is 5.69 Å². The number of anilines is 1.